The fourth-order valence-corrected chi connectivity index (χ4v) is 0.642. The van der Waals surface area contributed by atoms with E-state index >= 15 is 0 Å². The molecule has 0 rings (SSSR count). The maximum atomic E-state index is 11.0. The van der Waals surface area contributed by atoms with E-state index in [1.54, 1.807) is 21.0 Å². The second-order valence-corrected chi connectivity index (χ2v) is 2.70. The zero-order valence-corrected chi connectivity index (χ0v) is 8.29. The number of ether oxygens (including phenoxy) is 1. The number of likely N-dealkylation sites (N-methyl/N-ethyl adjacent to an activating group) is 1. The van der Waals surface area contributed by atoms with E-state index in [1.165, 1.54) is 4.90 Å². The predicted octanol–water partition coefficient (Wildman–Crippen LogP) is -0.773. The van der Waals surface area contributed by atoms with Crippen LogP contribution in [-0.4, -0.2) is 50.6 Å². The van der Waals surface area contributed by atoms with Gasteiger partial charge in [0, 0.05) is 14.1 Å². The van der Waals surface area contributed by atoms with Gasteiger partial charge >= 0.3 is 5.97 Å². The van der Waals surface area contributed by atoms with E-state index in [0.717, 1.165) is 0 Å². The number of amides is 1. The molecule has 13 heavy (non-hydrogen) atoms. The van der Waals surface area contributed by atoms with Crippen LogP contribution in [0.25, 0.3) is 0 Å². The highest BCUT2D eigenvalue weighted by Crippen LogP contribution is 1.78. The Morgan fingerprint density at radius 3 is 2.38 bits per heavy atom. The predicted molar refractivity (Wildman–Crippen MR) is 48.2 cm³/mol. The number of carbonyl (C=O) groups is 2. The van der Waals surface area contributed by atoms with Crippen molar-refractivity contribution in [3.05, 3.63) is 0 Å². The van der Waals surface area contributed by atoms with Gasteiger partial charge in [0.05, 0.1) is 19.7 Å². The molecule has 0 radical (unpaired) electrons. The SMILES string of the molecule is CCOC(=O)CNCC(=O)N(C)C. The molecule has 5 nitrogen and oxygen atoms in total. The van der Waals surface area contributed by atoms with Crippen LogP contribution < -0.4 is 5.32 Å². The summed E-state index contributed by atoms with van der Waals surface area (Å²) >= 11 is 0. The van der Waals surface area contributed by atoms with Crippen molar-refractivity contribution >= 4 is 11.9 Å². The molecule has 0 aromatic heterocycles. The number of nitrogens with zero attached hydrogens (tertiary/aromatic N) is 1. The normalized spacial score (nSPS) is 9.46. The summed E-state index contributed by atoms with van der Waals surface area (Å²) in [4.78, 5) is 23.2. The van der Waals surface area contributed by atoms with Gasteiger partial charge in [0.25, 0.3) is 0 Å². The van der Waals surface area contributed by atoms with E-state index in [9.17, 15) is 9.59 Å². The minimum Gasteiger partial charge on any atom is -0.465 e. The third kappa shape index (κ3) is 6.10. The Bertz CT molecular complexity index is 180. The number of esters is 1. The largest absolute Gasteiger partial charge is 0.465 e. The van der Waals surface area contributed by atoms with E-state index in [4.69, 9.17) is 0 Å². The van der Waals surface area contributed by atoms with Crippen LogP contribution in [0.15, 0.2) is 0 Å². The van der Waals surface area contributed by atoms with Crippen molar-refractivity contribution in [3.63, 3.8) is 0 Å². The van der Waals surface area contributed by atoms with Crippen molar-refractivity contribution in [2.45, 2.75) is 6.92 Å². The second-order valence-electron chi connectivity index (χ2n) is 2.70. The fraction of sp³-hybridized carbons (Fsp3) is 0.750. The molecule has 1 amide bonds. The summed E-state index contributed by atoms with van der Waals surface area (Å²) in [5.41, 5.74) is 0. The van der Waals surface area contributed by atoms with Gasteiger partial charge in [0.15, 0.2) is 0 Å². The van der Waals surface area contributed by atoms with Gasteiger partial charge in [-0.1, -0.05) is 0 Å². The van der Waals surface area contributed by atoms with Crippen molar-refractivity contribution in [1.29, 1.82) is 0 Å². The van der Waals surface area contributed by atoms with Crippen LogP contribution in [0, 0.1) is 0 Å². The van der Waals surface area contributed by atoms with Crippen LogP contribution in [0.2, 0.25) is 0 Å². The molecule has 1 N–H and O–H groups in total. The van der Waals surface area contributed by atoms with Crippen molar-refractivity contribution in [2.24, 2.45) is 0 Å². The molecule has 76 valence electrons. The van der Waals surface area contributed by atoms with E-state index in [0.29, 0.717) is 6.61 Å². The van der Waals surface area contributed by atoms with Crippen LogP contribution in [0.3, 0.4) is 0 Å². The Kier molecular flexibility index (Phi) is 5.88. The molecule has 0 atom stereocenters. The van der Waals surface area contributed by atoms with Crippen LogP contribution in [-0.2, 0) is 14.3 Å². The first-order chi connectivity index (χ1) is 6.07. The number of hydrogen-bond acceptors (Lipinski definition) is 4. The molecule has 0 aromatic rings. The lowest BCUT2D eigenvalue weighted by Gasteiger charge is -2.10. The standard InChI is InChI=1S/C8H16N2O3/c1-4-13-8(12)6-9-5-7(11)10(2)3/h9H,4-6H2,1-3H3. The number of rotatable bonds is 5. The quantitative estimate of drug-likeness (QED) is 0.575. The van der Waals surface area contributed by atoms with Gasteiger partial charge in [0.2, 0.25) is 5.91 Å². The maximum absolute atomic E-state index is 11.0. The average Bonchev–Trinajstić information content (AvgIpc) is 2.04. The van der Waals surface area contributed by atoms with Gasteiger partial charge in [-0.25, -0.2) is 0 Å². The van der Waals surface area contributed by atoms with Gasteiger partial charge in [-0.2, -0.15) is 0 Å². The molecule has 0 aliphatic heterocycles. The third-order valence-corrected chi connectivity index (χ3v) is 1.35. The topological polar surface area (TPSA) is 58.6 Å². The molecule has 5 heteroatoms. The van der Waals surface area contributed by atoms with Crippen LogP contribution >= 0.6 is 0 Å². The molecule has 0 aliphatic carbocycles. The summed E-state index contributed by atoms with van der Waals surface area (Å²) in [6, 6.07) is 0. The maximum Gasteiger partial charge on any atom is 0.319 e. The minimum absolute atomic E-state index is 0.0655. The van der Waals surface area contributed by atoms with E-state index in [-0.39, 0.29) is 25.0 Å². The summed E-state index contributed by atoms with van der Waals surface area (Å²) in [5, 5.41) is 2.69. The average molecular weight is 188 g/mol. The highest BCUT2D eigenvalue weighted by Gasteiger charge is 2.05. The van der Waals surface area contributed by atoms with Crippen molar-refractivity contribution in [3.8, 4) is 0 Å². The third-order valence-electron chi connectivity index (χ3n) is 1.35. The molecule has 0 heterocycles. The van der Waals surface area contributed by atoms with E-state index < -0.39 is 0 Å². The van der Waals surface area contributed by atoms with Crippen molar-refractivity contribution in [1.82, 2.24) is 10.2 Å². The Hall–Kier alpha value is -1.10. The zero-order valence-electron chi connectivity index (χ0n) is 8.29. The number of hydrogen-bond donors (Lipinski definition) is 1. The van der Waals surface area contributed by atoms with E-state index in [1.807, 2.05) is 0 Å². The molecule has 0 saturated carbocycles. The first-order valence-electron chi connectivity index (χ1n) is 4.14. The minimum atomic E-state index is -0.339. The smallest absolute Gasteiger partial charge is 0.319 e. The van der Waals surface area contributed by atoms with Crippen molar-refractivity contribution in [2.75, 3.05) is 33.8 Å². The molecule has 0 spiro atoms. The van der Waals surface area contributed by atoms with Crippen LogP contribution in [0.5, 0.6) is 0 Å². The molecule has 0 aromatic carbocycles. The highest BCUT2D eigenvalue weighted by molar-refractivity contribution is 5.78. The Labute approximate surface area is 78.0 Å². The van der Waals surface area contributed by atoms with Gasteiger partial charge in [-0.05, 0) is 6.92 Å². The Morgan fingerprint density at radius 2 is 1.92 bits per heavy atom. The first-order valence-corrected chi connectivity index (χ1v) is 4.14. The van der Waals surface area contributed by atoms with E-state index in [2.05, 4.69) is 10.1 Å². The van der Waals surface area contributed by atoms with Crippen LogP contribution in [0.1, 0.15) is 6.92 Å². The summed E-state index contributed by atoms with van der Waals surface area (Å²) in [6.45, 7) is 2.34. The summed E-state index contributed by atoms with van der Waals surface area (Å²) in [5.74, 6) is -0.404. The van der Waals surface area contributed by atoms with Gasteiger partial charge in [-0.3, -0.25) is 14.9 Å². The number of carbonyl (C=O) groups excluding carboxylic acids is 2. The molecule has 0 fully saturated rings. The molecule has 0 unspecified atom stereocenters. The number of nitrogens with one attached hydrogen (secondary N) is 1. The summed E-state index contributed by atoms with van der Waals surface area (Å²) in [7, 11) is 3.32. The van der Waals surface area contributed by atoms with Crippen molar-refractivity contribution < 1.29 is 14.3 Å². The monoisotopic (exact) mass is 188 g/mol. The second kappa shape index (κ2) is 6.42. The fourth-order valence-electron chi connectivity index (χ4n) is 0.642. The summed E-state index contributed by atoms with van der Waals surface area (Å²) in [6.07, 6.45) is 0. The molecule has 0 aliphatic rings. The first kappa shape index (κ1) is 11.9. The Balaban J connectivity index is 3.45. The molecule has 0 saturated heterocycles. The lowest BCUT2D eigenvalue weighted by molar-refractivity contribution is -0.142. The van der Waals surface area contributed by atoms with Gasteiger partial charge in [0.1, 0.15) is 0 Å². The lowest BCUT2D eigenvalue weighted by atomic mass is 10.5. The molecule has 0 bridgehead atoms. The lowest BCUT2D eigenvalue weighted by Crippen LogP contribution is -2.35. The molecular formula is C8H16N2O3. The molecular weight excluding hydrogens is 172 g/mol. The van der Waals surface area contributed by atoms with Gasteiger partial charge < -0.3 is 9.64 Å². The highest BCUT2D eigenvalue weighted by atomic mass is 16.5. The van der Waals surface area contributed by atoms with Gasteiger partial charge in [-0.15, -0.1) is 0 Å². The zero-order chi connectivity index (χ0) is 10.3. The van der Waals surface area contributed by atoms with Crippen LogP contribution in [0.4, 0.5) is 0 Å². The Morgan fingerprint density at radius 1 is 1.31 bits per heavy atom. The summed E-state index contributed by atoms with van der Waals surface area (Å²) < 4.78 is 4.66.